The number of aliphatic hydroxyl groups is 1. The predicted molar refractivity (Wildman–Crippen MR) is 162 cm³/mol. The summed E-state index contributed by atoms with van der Waals surface area (Å²) in [6.45, 7) is 0.527. The van der Waals surface area contributed by atoms with E-state index < -0.39 is 0 Å². The lowest BCUT2D eigenvalue weighted by Gasteiger charge is -2.26. The van der Waals surface area contributed by atoms with Crippen LogP contribution >= 0.6 is 0 Å². The third-order valence-corrected chi connectivity index (χ3v) is 8.39. The molecule has 1 aromatic heterocycles. The number of aryl methyl sites for hydroxylation is 1. The van der Waals surface area contributed by atoms with Crippen LogP contribution in [0.3, 0.4) is 0 Å². The van der Waals surface area contributed by atoms with Gasteiger partial charge in [0.1, 0.15) is 11.5 Å². The van der Waals surface area contributed by atoms with E-state index in [0.29, 0.717) is 67.0 Å². The highest BCUT2D eigenvalue weighted by atomic mass is 16.5. The van der Waals surface area contributed by atoms with Crippen LogP contribution in [0, 0.1) is 0 Å². The lowest BCUT2D eigenvalue weighted by Crippen LogP contribution is -2.27. The quantitative estimate of drug-likeness (QED) is 0.183. The van der Waals surface area contributed by atoms with Gasteiger partial charge >= 0.3 is 0 Å². The molecule has 6 nitrogen and oxygen atoms in total. The van der Waals surface area contributed by atoms with Crippen molar-refractivity contribution in [2.45, 2.75) is 56.8 Å². The molecular weight excluding hydrogens is 524 g/mol. The molecule has 1 N–H and O–H groups in total. The number of nitrogens with zero attached hydrogens (tertiary/aromatic N) is 2. The first-order valence-corrected chi connectivity index (χ1v) is 14.7. The number of allylic oxidation sites excluding steroid dienone is 2. The van der Waals surface area contributed by atoms with Gasteiger partial charge in [0, 0.05) is 44.4 Å². The number of aliphatic imine (C=N–C) groups is 1. The number of hydrogen-bond donors (Lipinski definition) is 1. The van der Waals surface area contributed by atoms with Crippen LogP contribution in [-0.2, 0) is 24.1 Å². The minimum absolute atomic E-state index is 0.00661. The second-order valence-electron chi connectivity index (χ2n) is 11.2. The number of carbonyl (C=O) groups is 2. The molecule has 1 saturated carbocycles. The van der Waals surface area contributed by atoms with E-state index in [1.165, 1.54) is 5.56 Å². The molecule has 0 amide bonds. The normalized spacial score (nSPS) is 20.9. The molecule has 0 radical (unpaired) electrons. The van der Waals surface area contributed by atoms with E-state index >= 15 is 0 Å². The van der Waals surface area contributed by atoms with Crippen LogP contribution in [0.4, 0.5) is 0 Å². The summed E-state index contributed by atoms with van der Waals surface area (Å²) in [6.07, 6.45) is 3.16. The second-order valence-corrected chi connectivity index (χ2v) is 11.2. The maximum atomic E-state index is 13.5. The average Bonchev–Trinajstić information content (AvgIpc) is 3.44. The highest BCUT2D eigenvalue weighted by molar-refractivity contribution is 6.24. The zero-order valence-corrected chi connectivity index (χ0v) is 23.5. The molecule has 6 rings (SSSR count). The van der Waals surface area contributed by atoms with Crippen molar-refractivity contribution in [1.82, 2.24) is 5.16 Å². The van der Waals surface area contributed by atoms with Crippen molar-refractivity contribution in [3.63, 3.8) is 0 Å². The fourth-order valence-corrected chi connectivity index (χ4v) is 6.22. The van der Waals surface area contributed by atoms with Gasteiger partial charge < -0.3 is 9.63 Å². The van der Waals surface area contributed by atoms with Gasteiger partial charge in [0.15, 0.2) is 11.6 Å². The summed E-state index contributed by atoms with van der Waals surface area (Å²) in [4.78, 5) is 31.5. The minimum Gasteiger partial charge on any atom is -0.511 e. The fraction of sp³-hybridized carbons (Fsp3) is 0.278. The van der Waals surface area contributed by atoms with Crippen LogP contribution in [0.15, 0.2) is 112 Å². The number of aliphatic hydroxyl groups excluding tert-OH is 1. The van der Waals surface area contributed by atoms with Crippen LogP contribution in [0.2, 0.25) is 0 Å². The van der Waals surface area contributed by atoms with E-state index in [1.54, 1.807) is 0 Å². The fourth-order valence-electron chi connectivity index (χ4n) is 6.22. The summed E-state index contributed by atoms with van der Waals surface area (Å²) in [5.41, 5.74) is 5.44. The molecule has 2 aliphatic carbocycles. The Labute approximate surface area is 245 Å². The minimum atomic E-state index is -0.102. The maximum Gasteiger partial charge on any atom is 0.168 e. The predicted octanol–water partition coefficient (Wildman–Crippen LogP) is 7.16. The number of rotatable bonds is 8. The van der Waals surface area contributed by atoms with Crippen molar-refractivity contribution in [3.8, 4) is 0 Å². The first-order chi connectivity index (χ1) is 20.6. The summed E-state index contributed by atoms with van der Waals surface area (Å²) >= 11 is 0. The van der Waals surface area contributed by atoms with Gasteiger partial charge in [0.2, 0.25) is 0 Å². The molecule has 3 aromatic carbocycles. The SMILES string of the molecule is O=C1CC(c2ccccc2)CC(=NCCc2ccccc2)/C1=C(/O)CCc1noc2c1C(=O)CC(c1ccccc1)C2. The average molecular weight is 559 g/mol. The lowest BCUT2D eigenvalue weighted by atomic mass is 9.78. The molecule has 2 unspecified atom stereocenters. The van der Waals surface area contributed by atoms with Gasteiger partial charge in [0.05, 0.1) is 16.8 Å². The Morgan fingerprint density at radius 1 is 0.762 bits per heavy atom. The number of benzene rings is 3. The first kappa shape index (κ1) is 27.6. The van der Waals surface area contributed by atoms with E-state index in [-0.39, 0.29) is 35.6 Å². The number of aromatic nitrogens is 1. The van der Waals surface area contributed by atoms with E-state index in [9.17, 15) is 14.7 Å². The van der Waals surface area contributed by atoms with E-state index in [4.69, 9.17) is 9.52 Å². The van der Waals surface area contributed by atoms with Gasteiger partial charge in [-0.15, -0.1) is 0 Å². The molecule has 0 aliphatic heterocycles. The van der Waals surface area contributed by atoms with Crippen molar-refractivity contribution < 1.29 is 19.2 Å². The summed E-state index contributed by atoms with van der Waals surface area (Å²) in [5, 5.41) is 15.5. The summed E-state index contributed by atoms with van der Waals surface area (Å²) < 4.78 is 5.63. The number of ketones is 2. The molecule has 1 fully saturated rings. The summed E-state index contributed by atoms with van der Waals surface area (Å²) in [5.74, 6) is 0.598. The third kappa shape index (κ3) is 6.03. The molecule has 2 atom stereocenters. The van der Waals surface area contributed by atoms with Crippen molar-refractivity contribution in [2.75, 3.05) is 6.54 Å². The Morgan fingerprint density at radius 3 is 2.02 bits per heavy atom. The van der Waals surface area contributed by atoms with E-state index in [1.807, 2.05) is 78.9 Å². The topological polar surface area (TPSA) is 92.8 Å². The Hall–Kier alpha value is -4.58. The Morgan fingerprint density at radius 2 is 1.36 bits per heavy atom. The van der Waals surface area contributed by atoms with Gasteiger partial charge in [-0.1, -0.05) is 96.2 Å². The van der Waals surface area contributed by atoms with Crippen LogP contribution < -0.4 is 0 Å². The smallest absolute Gasteiger partial charge is 0.168 e. The van der Waals surface area contributed by atoms with Crippen LogP contribution in [0.25, 0.3) is 0 Å². The van der Waals surface area contributed by atoms with Crippen LogP contribution in [0.1, 0.15) is 76.0 Å². The lowest BCUT2D eigenvalue weighted by molar-refractivity contribution is -0.116. The van der Waals surface area contributed by atoms with Gasteiger partial charge in [-0.3, -0.25) is 14.6 Å². The van der Waals surface area contributed by atoms with Crippen molar-refractivity contribution in [2.24, 2.45) is 4.99 Å². The van der Waals surface area contributed by atoms with Crippen LogP contribution in [0.5, 0.6) is 0 Å². The van der Waals surface area contributed by atoms with Crippen molar-refractivity contribution in [1.29, 1.82) is 0 Å². The highest BCUT2D eigenvalue weighted by Crippen LogP contribution is 2.36. The molecule has 0 bridgehead atoms. The second kappa shape index (κ2) is 12.5. The molecular formula is C36H34N2O4. The Balaban J connectivity index is 1.21. The third-order valence-electron chi connectivity index (χ3n) is 8.39. The van der Waals surface area contributed by atoms with Gasteiger partial charge in [-0.2, -0.15) is 0 Å². The molecule has 212 valence electrons. The van der Waals surface area contributed by atoms with Crippen molar-refractivity contribution >= 4 is 17.3 Å². The summed E-state index contributed by atoms with van der Waals surface area (Å²) in [7, 11) is 0. The van der Waals surface area contributed by atoms with Gasteiger partial charge in [0.25, 0.3) is 0 Å². The zero-order valence-electron chi connectivity index (χ0n) is 23.5. The highest BCUT2D eigenvalue weighted by Gasteiger charge is 2.34. The number of hydrogen-bond acceptors (Lipinski definition) is 6. The Bertz CT molecular complexity index is 1620. The molecule has 0 spiro atoms. The van der Waals surface area contributed by atoms with Crippen LogP contribution in [-0.4, -0.2) is 34.1 Å². The maximum absolute atomic E-state index is 13.5. The van der Waals surface area contributed by atoms with Crippen molar-refractivity contribution in [3.05, 3.63) is 136 Å². The monoisotopic (exact) mass is 558 g/mol. The zero-order chi connectivity index (χ0) is 28.9. The largest absolute Gasteiger partial charge is 0.511 e. The standard InChI is InChI=1S/C36H34N2O4/c39-31(17-16-29-36-33(41)22-28(23-34(36)42-38-29)26-14-8-3-9-15-26)35-30(37-19-18-24-10-4-1-5-11-24)20-27(21-32(35)40)25-12-6-2-7-13-25/h1-15,27-28,39H,16-23H2/b35-31-,37-30?. The van der Waals surface area contributed by atoms with E-state index in [0.717, 1.165) is 17.5 Å². The molecule has 6 heteroatoms. The molecule has 42 heavy (non-hydrogen) atoms. The van der Waals surface area contributed by atoms with Gasteiger partial charge in [-0.25, -0.2) is 0 Å². The van der Waals surface area contributed by atoms with E-state index in [2.05, 4.69) is 17.3 Å². The Kier molecular flexibility index (Phi) is 8.22. The van der Waals surface area contributed by atoms with Gasteiger partial charge in [-0.05, 0) is 41.4 Å². The molecule has 4 aromatic rings. The number of Topliss-reactive ketones (excluding diaryl/α,β-unsaturated/α-hetero) is 2. The molecule has 2 aliphatic rings. The summed E-state index contributed by atoms with van der Waals surface area (Å²) in [6, 6.07) is 30.1. The number of carbonyl (C=O) groups excluding carboxylic acids is 2. The molecule has 1 heterocycles. The number of fused-ring (bicyclic) bond motifs is 1. The molecule has 0 saturated heterocycles. The first-order valence-electron chi connectivity index (χ1n) is 14.7.